The van der Waals surface area contributed by atoms with Crippen molar-refractivity contribution in [1.82, 2.24) is 0 Å². The van der Waals surface area contributed by atoms with Crippen molar-refractivity contribution in [3.63, 3.8) is 0 Å². The number of rotatable bonds is 2. The summed E-state index contributed by atoms with van der Waals surface area (Å²) in [5, 5.41) is 5.00. The van der Waals surface area contributed by atoms with Gasteiger partial charge in [-0.15, -0.1) is 0 Å². The van der Waals surface area contributed by atoms with Gasteiger partial charge in [0, 0.05) is 23.7 Å². The molecule has 2 N–H and O–H groups in total. The van der Waals surface area contributed by atoms with Gasteiger partial charge in [0.2, 0.25) is 10.0 Å². The molecule has 0 unspecified atom stereocenters. The molecule has 0 fully saturated rings. The fourth-order valence-electron chi connectivity index (χ4n) is 2.58. The molecule has 0 aromatic heterocycles. The smallest absolute Gasteiger partial charge is 0.258 e. The molecule has 1 amide bonds. The topological polar surface area (TPSA) is 80.5 Å². The van der Waals surface area contributed by atoms with Crippen molar-refractivity contribution in [3.05, 3.63) is 59.2 Å². The van der Waals surface area contributed by atoms with Gasteiger partial charge < -0.3 is 4.90 Å². The van der Waals surface area contributed by atoms with E-state index in [-0.39, 0.29) is 22.7 Å². The van der Waals surface area contributed by atoms with Crippen LogP contribution in [0.1, 0.15) is 15.9 Å². The minimum absolute atomic E-state index is 0.118. The Hall–Kier alpha value is -2.32. The van der Waals surface area contributed by atoms with Crippen LogP contribution in [0, 0.1) is 11.6 Å². The zero-order valence-corrected chi connectivity index (χ0v) is 12.6. The van der Waals surface area contributed by atoms with Crippen LogP contribution in [0.25, 0.3) is 0 Å². The quantitative estimate of drug-likeness (QED) is 0.907. The number of benzene rings is 2. The lowest BCUT2D eigenvalue weighted by Gasteiger charge is -2.17. The zero-order chi connectivity index (χ0) is 16.8. The van der Waals surface area contributed by atoms with E-state index in [0.717, 1.165) is 12.1 Å². The average Bonchev–Trinajstić information content (AvgIpc) is 2.89. The summed E-state index contributed by atoms with van der Waals surface area (Å²) in [6.07, 6.45) is 0.294. The molecule has 8 heteroatoms. The van der Waals surface area contributed by atoms with E-state index in [1.807, 2.05) is 0 Å². The van der Waals surface area contributed by atoms with Crippen LogP contribution in [0.15, 0.2) is 41.3 Å². The first-order valence-electron chi connectivity index (χ1n) is 6.70. The van der Waals surface area contributed by atoms with Gasteiger partial charge in [-0.3, -0.25) is 4.79 Å². The molecule has 5 nitrogen and oxygen atoms in total. The fraction of sp³-hybridized carbons (Fsp3) is 0.133. The largest absolute Gasteiger partial charge is 0.308 e. The number of sulfonamides is 1. The zero-order valence-electron chi connectivity index (χ0n) is 11.8. The van der Waals surface area contributed by atoms with Gasteiger partial charge in [0.05, 0.1) is 10.6 Å². The predicted molar refractivity (Wildman–Crippen MR) is 79.6 cm³/mol. The molecule has 0 spiro atoms. The Bertz CT molecular complexity index is 896. The molecule has 1 heterocycles. The van der Waals surface area contributed by atoms with Crippen LogP contribution in [-0.4, -0.2) is 20.9 Å². The number of carbonyl (C=O) groups excluding carboxylic acids is 1. The lowest BCUT2D eigenvalue weighted by molar-refractivity contribution is 0.0989. The summed E-state index contributed by atoms with van der Waals surface area (Å²) >= 11 is 0. The van der Waals surface area contributed by atoms with Crippen LogP contribution in [0.5, 0.6) is 0 Å². The molecule has 2 aromatic carbocycles. The number of carbonyl (C=O) groups is 1. The monoisotopic (exact) mass is 338 g/mol. The molecule has 0 bridgehead atoms. The first-order valence-corrected chi connectivity index (χ1v) is 8.24. The van der Waals surface area contributed by atoms with Crippen LogP contribution >= 0.6 is 0 Å². The highest BCUT2D eigenvalue weighted by Gasteiger charge is 2.28. The number of amides is 1. The predicted octanol–water partition coefficient (Wildman–Crippen LogP) is 1.82. The van der Waals surface area contributed by atoms with Gasteiger partial charge in [-0.2, -0.15) is 0 Å². The normalized spacial score (nSPS) is 14.0. The third kappa shape index (κ3) is 2.82. The number of anilines is 1. The molecule has 0 radical (unpaired) electrons. The third-order valence-electron chi connectivity index (χ3n) is 3.69. The Morgan fingerprint density at radius 3 is 2.39 bits per heavy atom. The minimum atomic E-state index is -3.85. The van der Waals surface area contributed by atoms with Crippen LogP contribution in [0.3, 0.4) is 0 Å². The van der Waals surface area contributed by atoms with Gasteiger partial charge in [0.25, 0.3) is 5.91 Å². The van der Waals surface area contributed by atoms with Crippen molar-refractivity contribution in [1.29, 1.82) is 0 Å². The van der Waals surface area contributed by atoms with Crippen LogP contribution < -0.4 is 10.0 Å². The van der Waals surface area contributed by atoms with Gasteiger partial charge in [-0.25, -0.2) is 22.3 Å². The van der Waals surface area contributed by atoms with E-state index < -0.39 is 27.6 Å². The highest BCUT2D eigenvalue weighted by atomic mass is 32.2. The molecule has 0 aliphatic carbocycles. The molecule has 2 aromatic rings. The second kappa shape index (κ2) is 5.39. The Morgan fingerprint density at radius 2 is 1.78 bits per heavy atom. The Balaban J connectivity index is 1.95. The van der Waals surface area contributed by atoms with Crippen molar-refractivity contribution in [2.45, 2.75) is 11.3 Å². The van der Waals surface area contributed by atoms with Crippen molar-refractivity contribution >= 4 is 21.6 Å². The molecule has 3 rings (SSSR count). The van der Waals surface area contributed by atoms with Crippen LogP contribution in [0.4, 0.5) is 14.5 Å². The molecular formula is C15H12F2N2O3S. The van der Waals surface area contributed by atoms with Crippen LogP contribution in [0.2, 0.25) is 0 Å². The highest BCUT2D eigenvalue weighted by molar-refractivity contribution is 7.89. The number of nitrogens with zero attached hydrogens (tertiary/aromatic N) is 1. The van der Waals surface area contributed by atoms with Gasteiger partial charge in [0.1, 0.15) is 11.6 Å². The van der Waals surface area contributed by atoms with Gasteiger partial charge in [-0.05, 0) is 36.8 Å². The summed E-state index contributed by atoms with van der Waals surface area (Å²) in [5.41, 5.74) is 0.693. The number of hydrogen-bond acceptors (Lipinski definition) is 3. The van der Waals surface area contributed by atoms with Crippen molar-refractivity contribution in [3.8, 4) is 0 Å². The van der Waals surface area contributed by atoms with Gasteiger partial charge in [-0.1, -0.05) is 0 Å². The lowest BCUT2D eigenvalue weighted by Crippen LogP contribution is -2.29. The number of primary sulfonamides is 1. The summed E-state index contributed by atoms with van der Waals surface area (Å²) in [6.45, 7) is 0.228. The number of nitrogens with two attached hydrogens (primary N) is 1. The van der Waals surface area contributed by atoms with Crippen molar-refractivity contribution in [2.24, 2.45) is 5.14 Å². The Labute approximate surface area is 131 Å². The van der Waals surface area contributed by atoms with Gasteiger partial charge in [0.15, 0.2) is 0 Å². The first-order chi connectivity index (χ1) is 10.8. The molecule has 0 atom stereocenters. The molecule has 120 valence electrons. The van der Waals surface area contributed by atoms with E-state index in [9.17, 15) is 22.0 Å². The maximum absolute atomic E-state index is 13.7. The second-order valence-corrected chi connectivity index (χ2v) is 6.72. The van der Waals surface area contributed by atoms with Crippen molar-refractivity contribution < 1.29 is 22.0 Å². The van der Waals surface area contributed by atoms with Crippen molar-refractivity contribution in [2.75, 3.05) is 11.4 Å². The van der Waals surface area contributed by atoms with Gasteiger partial charge >= 0.3 is 0 Å². The summed E-state index contributed by atoms with van der Waals surface area (Å²) < 4.78 is 49.5. The lowest BCUT2D eigenvalue weighted by atomic mass is 10.1. The average molecular weight is 338 g/mol. The number of hydrogen-bond donors (Lipinski definition) is 1. The SMILES string of the molecule is NS(=O)(=O)c1ccc(C(=O)N2CCc3c(F)cc(F)cc32)cc1. The van der Waals surface area contributed by atoms with E-state index in [1.165, 1.54) is 29.2 Å². The van der Waals surface area contributed by atoms with E-state index in [1.54, 1.807) is 0 Å². The maximum atomic E-state index is 13.7. The standard InChI is InChI=1S/C15H12F2N2O3S/c16-10-7-13(17)12-5-6-19(14(12)8-10)15(20)9-1-3-11(4-2-9)23(18,21)22/h1-4,7-8H,5-6H2,(H2,18,21,22). The van der Waals surface area contributed by atoms with E-state index in [4.69, 9.17) is 5.14 Å². The maximum Gasteiger partial charge on any atom is 0.258 e. The minimum Gasteiger partial charge on any atom is -0.308 e. The van der Waals surface area contributed by atoms with E-state index >= 15 is 0 Å². The van der Waals surface area contributed by atoms with E-state index in [2.05, 4.69) is 0 Å². The molecule has 23 heavy (non-hydrogen) atoms. The second-order valence-electron chi connectivity index (χ2n) is 5.16. The number of fused-ring (bicyclic) bond motifs is 1. The molecule has 0 saturated heterocycles. The Kier molecular flexibility index (Phi) is 3.65. The molecule has 1 aliphatic heterocycles. The van der Waals surface area contributed by atoms with E-state index in [0.29, 0.717) is 12.0 Å². The summed E-state index contributed by atoms with van der Waals surface area (Å²) in [5.74, 6) is -1.90. The molecular weight excluding hydrogens is 326 g/mol. The molecule has 0 saturated carbocycles. The summed E-state index contributed by atoms with van der Waals surface area (Å²) in [4.78, 5) is 13.6. The molecule has 1 aliphatic rings. The summed E-state index contributed by atoms with van der Waals surface area (Å²) in [6, 6.07) is 6.96. The Morgan fingerprint density at radius 1 is 1.13 bits per heavy atom. The first kappa shape index (κ1) is 15.6. The summed E-state index contributed by atoms with van der Waals surface area (Å²) in [7, 11) is -3.85. The highest BCUT2D eigenvalue weighted by Crippen LogP contribution is 2.32. The third-order valence-corrected chi connectivity index (χ3v) is 4.62. The fourth-order valence-corrected chi connectivity index (χ4v) is 3.09. The van der Waals surface area contributed by atoms with Crippen LogP contribution in [-0.2, 0) is 16.4 Å². The number of halogens is 2.